The van der Waals surface area contributed by atoms with Gasteiger partial charge in [-0.3, -0.25) is 4.79 Å². The summed E-state index contributed by atoms with van der Waals surface area (Å²) in [4.78, 5) is 13.0. The molecule has 23 heavy (non-hydrogen) atoms. The van der Waals surface area contributed by atoms with Crippen LogP contribution < -0.4 is 10.1 Å². The Balaban J connectivity index is 1.99. The van der Waals surface area contributed by atoms with E-state index in [4.69, 9.17) is 16.3 Å². The van der Waals surface area contributed by atoms with E-state index in [9.17, 15) is 18.0 Å². The zero-order valence-corrected chi connectivity index (χ0v) is 13.4. The maximum Gasteiger partial charge on any atom is 0.422 e. The summed E-state index contributed by atoms with van der Waals surface area (Å²) in [6.45, 7) is -1.44. The Bertz CT molecular complexity index is 659. The SMILES string of the molecule is O=C(CCc1cccs1)Nc1cc(Cl)ccc1OCC(F)(F)F. The quantitative estimate of drug-likeness (QED) is 0.791. The lowest BCUT2D eigenvalue weighted by atomic mass is 10.2. The number of rotatable bonds is 6. The van der Waals surface area contributed by atoms with Gasteiger partial charge in [0, 0.05) is 16.3 Å². The molecule has 1 amide bonds. The molecule has 2 rings (SSSR count). The molecule has 0 aliphatic rings. The Morgan fingerprint density at radius 2 is 2.09 bits per heavy atom. The van der Waals surface area contributed by atoms with Gasteiger partial charge in [-0.05, 0) is 36.1 Å². The average molecular weight is 364 g/mol. The van der Waals surface area contributed by atoms with Gasteiger partial charge in [-0.1, -0.05) is 17.7 Å². The minimum atomic E-state index is -4.46. The number of halogens is 4. The molecule has 1 heterocycles. The largest absolute Gasteiger partial charge is 0.482 e. The lowest BCUT2D eigenvalue weighted by Gasteiger charge is -2.14. The second kappa shape index (κ2) is 7.70. The first-order valence-electron chi connectivity index (χ1n) is 6.65. The van der Waals surface area contributed by atoms with Gasteiger partial charge >= 0.3 is 6.18 Å². The fourth-order valence-corrected chi connectivity index (χ4v) is 2.67. The van der Waals surface area contributed by atoms with Crippen LogP contribution in [-0.4, -0.2) is 18.7 Å². The number of carbonyl (C=O) groups excluding carboxylic acids is 1. The number of alkyl halides is 3. The number of nitrogens with one attached hydrogen (secondary N) is 1. The number of carbonyl (C=O) groups is 1. The molecule has 0 saturated heterocycles. The Hall–Kier alpha value is -1.73. The van der Waals surface area contributed by atoms with Gasteiger partial charge in [-0.2, -0.15) is 13.2 Å². The summed E-state index contributed by atoms with van der Waals surface area (Å²) >= 11 is 7.36. The lowest BCUT2D eigenvalue weighted by Crippen LogP contribution is -2.20. The molecule has 0 spiro atoms. The van der Waals surface area contributed by atoms with E-state index in [0.717, 1.165) is 4.88 Å². The molecule has 1 aromatic heterocycles. The Kier molecular flexibility index (Phi) is 5.90. The number of hydrogen-bond acceptors (Lipinski definition) is 3. The molecule has 0 aliphatic heterocycles. The Morgan fingerprint density at radius 3 is 2.74 bits per heavy atom. The number of aryl methyl sites for hydroxylation is 1. The van der Waals surface area contributed by atoms with E-state index in [2.05, 4.69) is 5.32 Å². The highest BCUT2D eigenvalue weighted by atomic mass is 35.5. The van der Waals surface area contributed by atoms with Gasteiger partial charge in [0.15, 0.2) is 6.61 Å². The summed E-state index contributed by atoms with van der Waals surface area (Å²) in [5.41, 5.74) is 0.123. The smallest absolute Gasteiger partial charge is 0.422 e. The van der Waals surface area contributed by atoms with Crippen LogP contribution in [0.1, 0.15) is 11.3 Å². The third-order valence-electron chi connectivity index (χ3n) is 2.79. The van der Waals surface area contributed by atoms with Crippen molar-refractivity contribution in [2.24, 2.45) is 0 Å². The maximum absolute atomic E-state index is 12.3. The molecular formula is C15H13ClF3NO2S. The van der Waals surface area contributed by atoms with E-state index in [1.54, 1.807) is 0 Å². The van der Waals surface area contributed by atoms with Gasteiger partial charge in [-0.25, -0.2) is 0 Å². The number of thiophene rings is 1. The van der Waals surface area contributed by atoms with Gasteiger partial charge in [0.2, 0.25) is 5.91 Å². The second-order valence-corrected chi connectivity index (χ2v) is 6.14. The van der Waals surface area contributed by atoms with Crippen LogP contribution in [0.4, 0.5) is 18.9 Å². The first kappa shape index (κ1) is 17.6. The van der Waals surface area contributed by atoms with Crippen LogP contribution in [0.5, 0.6) is 5.75 Å². The van der Waals surface area contributed by atoms with Crippen LogP contribution >= 0.6 is 22.9 Å². The number of anilines is 1. The number of ether oxygens (including phenoxy) is 1. The highest BCUT2D eigenvalue weighted by Gasteiger charge is 2.29. The van der Waals surface area contributed by atoms with Crippen molar-refractivity contribution < 1.29 is 22.7 Å². The average Bonchev–Trinajstić information content (AvgIpc) is 2.96. The summed E-state index contributed by atoms with van der Waals surface area (Å²) in [6.07, 6.45) is -3.69. The van der Waals surface area contributed by atoms with Crippen molar-refractivity contribution in [1.29, 1.82) is 0 Å². The molecule has 0 aliphatic carbocycles. The van der Waals surface area contributed by atoms with Crippen molar-refractivity contribution in [3.8, 4) is 5.75 Å². The minimum absolute atomic E-state index is 0.0730. The van der Waals surface area contributed by atoms with Crippen molar-refractivity contribution in [3.05, 3.63) is 45.6 Å². The first-order valence-corrected chi connectivity index (χ1v) is 7.90. The highest BCUT2D eigenvalue weighted by Crippen LogP contribution is 2.30. The van der Waals surface area contributed by atoms with Crippen molar-refractivity contribution >= 4 is 34.5 Å². The van der Waals surface area contributed by atoms with Crippen LogP contribution in [0.15, 0.2) is 35.7 Å². The standard InChI is InChI=1S/C15H13ClF3NO2S/c16-10-3-5-13(22-9-15(17,18)19)12(8-10)20-14(21)6-4-11-2-1-7-23-11/h1-3,5,7-8H,4,6,9H2,(H,20,21). The molecule has 0 radical (unpaired) electrons. The maximum atomic E-state index is 12.3. The molecule has 1 aromatic carbocycles. The van der Waals surface area contributed by atoms with Crippen molar-refractivity contribution in [2.75, 3.05) is 11.9 Å². The molecule has 124 valence electrons. The highest BCUT2D eigenvalue weighted by molar-refractivity contribution is 7.09. The van der Waals surface area contributed by atoms with Crippen LogP contribution in [-0.2, 0) is 11.2 Å². The predicted octanol–water partition coefficient (Wildman–Crippen LogP) is 4.91. The fraction of sp³-hybridized carbons (Fsp3) is 0.267. The van der Waals surface area contributed by atoms with Crippen molar-refractivity contribution in [1.82, 2.24) is 0 Å². The van der Waals surface area contributed by atoms with Crippen molar-refractivity contribution in [2.45, 2.75) is 19.0 Å². The predicted molar refractivity (Wildman–Crippen MR) is 84.3 cm³/mol. The zero-order valence-electron chi connectivity index (χ0n) is 11.8. The van der Waals surface area contributed by atoms with E-state index in [0.29, 0.717) is 6.42 Å². The molecule has 8 heteroatoms. The van der Waals surface area contributed by atoms with Gasteiger partial charge in [0.05, 0.1) is 5.69 Å². The van der Waals surface area contributed by atoms with Gasteiger partial charge in [0.1, 0.15) is 5.75 Å². The molecule has 0 fully saturated rings. The first-order chi connectivity index (χ1) is 10.8. The molecule has 0 bridgehead atoms. The second-order valence-electron chi connectivity index (χ2n) is 4.67. The van der Waals surface area contributed by atoms with Crippen molar-refractivity contribution in [3.63, 3.8) is 0 Å². The third kappa shape index (κ3) is 6.11. The monoisotopic (exact) mass is 363 g/mol. The van der Waals surface area contributed by atoms with Crippen LogP contribution in [0.25, 0.3) is 0 Å². The fourth-order valence-electron chi connectivity index (χ4n) is 1.79. The van der Waals surface area contributed by atoms with Gasteiger partial charge in [-0.15, -0.1) is 11.3 Å². The molecule has 1 N–H and O–H groups in total. The molecule has 3 nitrogen and oxygen atoms in total. The summed E-state index contributed by atoms with van der Waals surface area (Å²) in [6, 6.07) is 7.85. The molecule has 0 atom stereocenters. The zero-order chi connectivity index (χ0) is 16.9. The Morgan fingerprint density at radius 1 is 1.30 bits per heavy atom. The van der Waals surface area contributed by atoms with E-state index < -0.39 is 12.8 Å². The van der Waals surface area contributed by atoms with Gasteiger partial charge in [0.25, 0.3) is 0 Å². The number of benzene rings is 1. The number of hydrogen-bond donors (Lipinski definition) is 1. The number of amides is 1. The van der Waals surface area contributed by atoms with Crippen LogP contribution in [0.3, 0.4) is 0 Å². The molecule has 0 saturated carbocycles. The minimum Gasteiger partial charge on any atom is -0.482 e. The van der Waals surface area contributed by atoms with Gasteiger partial charge < -0.3 is 10.1 Å². The summed E-state index contributed by atoms with van der Waals surface area (Å²) < 4.78 is 41.5. The van der Waals surface area contributed by atoms with Crippen LogP contribution in [0.2, 0.25) is 5.02 Å². The molecule has 2 aromatic rings. The third-order valence-corrected chi connectivity index (χ3v) is 3.96. The molecular weight excluding hydrogens is 351 g/mol. The van der Waals surface area contributed by atoms with E-state index in [-0.39, 0.29) is 28.8 Å². The summed E-state index contributed by atoms with van der Waals surface area (Å²) in [5, 5.41) is 4.74. The van der Waals surface area contributed by atoms with Crippen LogP contribution in [0, 0.1) is 0 Å². The van der Waals surface area contributed by atoms with E-state index in [1.807, 2.05) is 17.5 Å². The Labute approximate surface area is 140 Å². The van der Waals surface area contributed by atoms with E-state index >= 15 is 0 Å². The summed E-state index contributed by atoms with van der Waals surface area (Å²) in [5.74, 6) is -0.395. The molecule has 0 unspecified atom stereocenters. The van der Waals surface area contributed by atoms with E-state index in [1.165, 1.54) is 29.5 Å². The lowest BCUT2D eigenvalue weighted by molar-refractivity contribution is -0.153. The normalized spacial score (nSPS) is 11.3. The topological polar surface area (TPSA) is 38.3 Å². The summed E-state index contributed by atoms with van der Waals surface area (Å²) in [7, 11) is 0.